The van der Waals surface area contributed by atoms with Crippen LogP contribution in [-0.2, 0) is 10.0 Å². The van der Waals surface area contributed by atoms with Crippen molar-refractivity contribution in [1.29, 1.82) is 0 Å². The second kappa shape index (κ2) is 8.88. The van der Waals surface area contributed by atoms with Gasteiger partial charge in [-0.25, -0.2) is 8.42 Å². The monoisotopic (exact) mass is 400 g/mol. The van der Waals surface area contributed by atoms with Crippen LogP contribution in [0.25, 0.3) is 0 Å². The van der Waals surface area contributed by atoms with E-state index in [0.29, 0.717) is 12.1 Å². The van der Waals surface area contributed by atoms with E-state index < -0.39 is 10.0 Å². The van der Waals surface area contributed by atoms with Crippen LogP contribution in [0.5, 0.6) is 0 Å². The lowest BCUT2D eigenvalue weighted by molar-refractivity contribution is 0.0988. The van der Waals surface area contributed by atoms with Gasteiger partial charge in [-0.2, -0.15) is 4.31 Å². The fourth-order valence-corrected chi connectivity index (χ4v) is 5.20. The van der Waals surface area contributed by atoms with E-state index in [0.717, 1.165) is 31.4 Å². The summed E-state index contributed by atoms with van der Waals surface area (Å²) in [7, 11) is -1.89. The maximum absolute atomic E-state index is 13.0. The van der Waals surface area contributed by atoms with E-state index in [1.54, 1.807) is 36.2 Å². The Kier molecular flexibility index (Phi) is 6.52. The van der Waals surface area contributed by atoms with Crippen LogP contribution in [-0.4, -0.2) is 38.3 Å². The summed E-state index contributed by atoms with van der Waals surface area (Å²) in [5.41, 5.74) is 1.30. The van der Waals surface area contributed by atoms with Crippen molar-refractivity contribution in [2.75, 3.05) is 18.5 Å². The van der Waals surface area contributed by atoms with Crippen molar-refractivity contribution >= 4 is 21.6 Å². The highest BCUT2D eigenvalue weighted by Gasteiger charge is 2.29. The molecule has 5 nitrogen and oxygen atoms in total. The van der Waals surface area contributed by atoms with Gasteiger partial charge in [0.1, 0.15) is 0 Å². The Hall–Kier alpha value is -2.18. The second-order valence-corrected chi connectivity index (χ2v) is 9.22. The molecule has 0 atom stereocenters. The zero-order chi connectivity index (χ0) is 20.1. The molecule has 0 spiro atoms. The second-order valence-electron chi connectivity index (χ2n) is 7.22. The van der Waals surface area contributed by atoms with Gasteiger partial charge in [-0.3, -0.25) is 4.79 Å². The molecule has 1 fully saturated rings. The summed E-state index contributed by atoms with van der Waals surface area (Å²) in [4.78, 5) is 14.8. The van der Waals surface area contributed by atoms with Crippen molar-refractivity contribution in [3.05, 3.63) is 60.2 Å². The van der Waals surface area contributed by atoms with Crippen LogP contribution in [0.2, 0.25) is 0 Å². The van der Waals surface area contributed by atoms with Crippen molar-refractivity contribution in [1.82, 2.24) is 4.31 Å². The molecule has 1 amide bonds. The SMILES string of the molecule is CCN(C(=O)c1ccc(S(=O)(=O)N(C)C2CCCCC2)cc1)c1ccccc1. The molecule has 0 aromatic heterocycles. The Morgan fingerprint density at radius 3 is 2.14 bits per heavy atom. The minimum atomic E-state index is -3.55. The lowest BCUT2D eigenvalue weighted by Crippen LogP contribution is -2.38. The number of carbonyl (C=O) groups excluding carboxylic acids is 1. The summed E-state index contributed by atoms with van der Waals surface area (Å²) in [5.74, 6) is -0.140. The van der Waals surface area contributed by atoms with Crippen molar-refractivity contribution in [2.24, 2.45) is 0 Å². The predicted octanol–water partition coefficient (Wildman–Crippen LogP) is 4.31. The smallest absolute Gasteiger partial charge is 0.258 e. The molecule has 3 rings (SSSR count). The van der Waals surface area contributed by atoms with Gasteiger partial charge < -0.3 is 4.90 Å². The number of amides is 1. The minimum Gasteiger partial charge on any atom is -0.309 e. The van der Waals surface area contributed by atoms with Gasteiger partial charge in [-0.15, -0.1) is 0 Å². The van der Waals surface area contributed by atoms with E-state index in [1.165, 1.54) is 10.7 Å². The van der Waals surface area contributed by atoms with Gasteiger partial charge in [-0.1, -0.05) is 37.5 Å². The normalized spacial score (nSPS) is 15.5. The van der Waals surface area contributed by atoms with Crippen molar-refractivity contribution in [3.8, 4) is 0 Å². The third-order valence-electron chi connectivity index (χ3n) is 5.50. The molecule has 28 heavy (non-hydrogen) atoms. The Balaban J connectivity index is 1.79. The first-order chi connectivity index (χ1) is 13.4. The number of benzene rings is 2. The molecule has 150 valence electrons. The molecule has 0 heterocycles. The van der Waals surface area contributed by atoms with E-state index in [2.05, 4.69) is 0 Å². The van der Waals surface area contributed by atoms with Crippen LogP contribution in [0.4, 0.5) is 5.69 Å². The first-order valence-electron chi connectivity index (χ1n) is 9.90. The van der Waals surface area contributed by atoms with Crippen LogP contribution < -0.4 is 4.90 Å². The van der Waals surface area contributed by atoms with Gasteiger partial charge in [0.15, 0.2) is 0 Å². The summed E-state index contributed by atoms with van der Waals surface area (Å²) in [6, 6.07) is 15.8. The zero-order valence-corrected chi connectivity index (χ0v) is 17.4. The fraction of sp³-hybridized carbons (Fsp3) is 0.409. The lowest BCUT2D eigenvalue weighted by atomic mass is 9.96. The third kappa shape index (κ3) is 4.28. The van der Waals surface area contributed by atoms with Gasteiger partial charge in [0.05, 0.1) is 4.90 Å². The molecule has 0 saturated heterocycles. The number of carbonyl (C=O) groups is 1. The molecule has 1 aliphatic rings. The lowest BCUT2D eigenvalue weighted by Gasteiger charge is -2.30. The number of hydrogen-bond acceptors (Lipinski definition) is 3. The fourth-order valence-electron chi connectivity index (χ4n) is 3.78. The topological polar surface area (TPSA) is 57.7 Å². The molecule has 2 aromatic carbocycles. The zero-order valence-electron chi connectivity index (χ0n) is 16.5. The number of sulfonamides is 1. The average Bonchev–Trinajstić information content (AvgIpc) is 2.75. The number of anilines is 1. The van der Waals surface area contributed by atoms with Gasteiger partial charge in [0.25, 0.3) is 5.91 Å². The Morgan fingerprint density at radius 1 is 0.964 bits per heavy atom. The summed E-state index contributed by atoms with van der Waals surface area (Å²) in [6.45, 7) is 2.45. The van der Waals surface area contributed by atoms with Crippen molar-refractivity contribution in [2.45, 2.75) is 50.0 Å². The van der Waals surface area contributed by atoms with Crippen LogP contribution in [0, 0.1) is 0 Å². The van der Waals surface area contributed by atoms with Gasteiger partial charge in [0, 0.05) is 30.9 Å². The summed E-state index contributed by atoms with van der Waals surface area (Å²) >= 11 is 0. The predicted molar refractivity (Wildman–Crippen MR) is 112 cm³/mol. The van der Waals surface area contributed by atoms with E-state index in [9.17, 15) is 13.2 Å². The molecular formula is C22H28N2O3S. The van der Waals surface area contributed by atoms with Crippen LogP contribution in [0.1, 0.15) is 49.4 Å². The summed E-state index contributed by atoms with van der Waals surface area (Å²) < 4.78 is 27.4. The molecule has 0 radical (unpaired) electrons. The maximum Gasteiger partial charge on any atom is 0.258 e. The van der Waals surface area contributed by atoms with Crippen LogP contribution in [0.3, 0.4) is 0 Å². The quantitative estimate of drug-likeness (QED) is 0.726. The van der Waals surface area contributed by atoms with Crippen LogP contribution >= 0.6 is 0 Å². The molecular weight excluding hydrogens is 372 g/mol. The summed E-state index contributed by atoms with van der Waals surface area (Å²) in [6.07, 6.45) is 5.15. The first-order valence-corrected chi connectivity index (χ1v) is 11.3. The highest BCUT2D eigenvalue weighted by molar-refractivity contribution is 7.89. The van der Waals surface area contributed by atoms with Gasteiger partial charge >= 0.3 is 0 Å². The Labute approximate surface area is 168 Å². The molecule has 0 aliphatic heterocycles. The van der Waals surface area contributed by atoms with Crippen molar-refractivity contribution < 1.29 is 13.2 Å². The number of para-hydroxylation sites is 1. The van der Waals surface area contributed by atoms with E-state index in [4.69, 9.17) is 0 Å². The average molecular weight is 401 g/mol. The molecule has 1 saturated carbocycles. The highest BCUT2D eigenvalue weighted by Crippen LogP contribution is 2.27. The van der Waals surface area contributed by atoms with E-state index >= 15 is 0 Å². The van der Waals surface area contributed by atoms with E-state index in [-0.39, 0.29) is 16.8 Å². The van der Waals surface area contributed by atoms with E-state index in [1.807, 2.05) is 37.3 Å². The number of nitrogens with zero attached hydrogens (tertiary/aromatic N) is 2. The Bertz CT molecular complexity index is 889. The molecule has 6 heteroatoms. The maximum atomic E-state index is 13.0. The molecule has 0 N–H and O–H groups in total. The molecule has 2 aromatic rings. The minimum absolute atomic E-state index is 0.0636. The molecule has 0 unspecified atom stereocenters. The third-order valence-corrected chi connectivity index (χ3v) is 7.42. The number of hydrogen-bond donors (Lipinski definition) is 0. The molecule has 0 bridgehead atoms. The highest BCUT2D eigenvalue weighted by atomic mass is 32.2. The number of rotatable bonds is 6. The molecule has 1 aliphatic carbocycles. The first kappa shape index (κ1) is 20.6. The van der Waals surface area contributed by atoms with Crippen molar-refractivity contribution in [3.63, 3.8) is 0 Å². The van der Waals surface area contributed by atoms with Gasteiger partial charge in [0.2, 0.25) is 10.0 Å². The largest absolute Gasteiger partial charge is 0.309 e. The summed E-state index contributed by atoms with van der Waals surface area (Å²) in [5, 5.41) is 0. The van der Waals surface area contributed by atoms with Gasteiger partial charge in [-0.05, 0) is 56.2 Å². The Morgan fingerprint density at radius 2 is 1.57 bits per heavy atom. The van der Waals surface area contributed by atoms with Crippen LogP contribution in [0.15, 0.2) is 59.5 Å². The standard InChI is InChI=1S/C22H28N2O3S/c1-3-24(20-12-8-5-9-13-20)22(25)18-14-16-21(17-15-18)28(26,27)23(2)19-10-6-4-7-11-19/h5,8-9,12-17,19H,3-4,6-7,10-11H2,1-2H3.